The third-order valence-corrected chi connectivity index (χ3v) is 9.21. The molecule has 1 nitrogen and oxygen atoms in total. The number of rotatable bonds is 9. The number of alkyl halides is 3. The van der Waals surface area contributed by atoms with E-state index < -0.39 is 29.6 Å². The Bertz CT molecular complexity index is 1060. The fourth-order valence-electron chi connectivity index (χ4n) is 6.94. The lowest BCUT2D eigenvalue weighted by molar-refractivity contribution is -0.276. The summed E-state index contributed by atoms with van der Waals surface area (Å²) >= 11 is 0. The van der Waals surface area contributed by atoms with E-state index >= 15 is 4.39 Å². The number of unbranched alkanes of at least 4 members (excludes halogenated alkanes) is 1. The summed E-state index contributed by atoms with van der Waals surface area (Å²) in [6.45, 7) is 4.69. The molecule has 1 atom stereocenters. The molecule has 2 aromatic carbocycles. The van der Waals surface area contributed by atoms with Gasteiger partial charge < -0.3 is 4.74 Å². The van der Waals surface area contributed by atoms with E-state index in [0.717, 1.165) is 49.0 Å². The lowest BCUT2D eigenvalue weighted by Crippen LogP contribution is -2.23. The molecule has 2 aliphatic carbocycles. The Balaban J connectivity index is 1.31. The Morgan fingerprint density at radius 3 is 2.00 bits per heavy atom. The largest absolute Gasteiger partial charge is 0.573 e. The Morgan fingerprint density at radius 1 is 0.821 bits per heavy atom. The lowest BCUT2D eigenvalue weighted by atomic mass is 9.70. The molecule has 0 N–H and O–H groups in total. The maximum Gasteiger partial charge on any atom is 0.573 e. The first-order valence-electron chi connectivity index (χ1n) is 14.6. The van der Waals surface area contributed by atoms with Crippen LogP contribution in [0.25, 0.3) is 11.1 Å². The highest BCUT2D eigenvalue weighted by Gasteiger charge is 2.34. The first-order valence-corrected chi connectivity index (χ1v) is 14.6. The van der Waals surface area contributed by atoms with Gasteiger partial charge in [-0.3, -0.25) is 0 Å². The smallest absolute Gasteiger partial charge is 0.399 e. The zero-order valence-electron chi connectivity index (χ0n) is 22.9. The molecule has 2 aromatic rings. The average molecular weight is 555 g/mol. The maximum atomic E-state index is 15.0. The summed E-state index contributed by atoms with van der Waals surface area (Å²) in [5.74, 6) is -1.85. The Labute approximate surface area is 228 Å². The molecule has 4 rings (SSSR count). The van der Waals surface area contributed by atoms with Crippen molar-refractivity contribution in [2.75, 3.05) is 0 Å². The van der Waals surface area contributed by atoms with Crippen LogP contribution in [0.15, 0.2) is 30.3 Å². The van der Waals surface area contributed by atoms with E-state index in [1.54, 1.807) is 6.07 Å². The molecular weight excluding hydrogens is 514 g/mol. The molecule has 1 unspecified atom stereocenters. The van der Waals surface area contributed by atoms with Gasteiger partial charge in [0.15, 0.2) is 11.6 Å². The number of benzene rings is 2. The van der Waals surface area contributed by atoms with Crippen molar-refractivity contribution in [1.82, 2.24) is 0 Å². The summed E-state index contributed by atoms with van der Waals surface area (Å²) in [6.07, 6.45) is 9.73. The molecule has 0 aromatic heterocycles. The molecule has 39 heavy (non-hydrogen) atoms. The van der Waals surface area contributed by atoms with Gasteiger partial charge in [0.1, 0.15) is 5.82 Å². The van der Waals surface area contributed by atoms with Crippen LogP contribution in [-0.2, 0) is 0 Å². The maximum absolute atomic E-state index is 15.0. The monoisotopic (exact) mass is 554 g/mol. The fraction of sp³-hybridized carbons (Fsp3) is 0.625. The van der Waals surface area contributed by atoms with Crippen molar-refractivity contribution >= 4 is 0 Å². The highest BCUT2D eigenvalue weighted by molar-refractivity contribution is 5.66. The van der Waals surface area contributed by atoms with Crippen LogP contribution in [-0.4, -0.2) is 6.36 Å². The predicted molar refractivity (Wildman–Crippen MR) is 142 cm³/mol. The average Bonchev–Trinajstić information content (AvgIpc) is 2.89. The molecule has 0 aliphatic heterocycles. The molecule has 7 heteroatoms. The summed E-state index contributed by atoms with van der Waals surface area (Å²) in [7, 11) is 0. The van der Waals surface area contributed by atoms with Gasteiger partial charge in [0.05, 0.1) is 0 Å². The molecular formula is C32H40F6O. The second-order valence-corrected chi connectivity index (χ2v) is 11.9. The van der Waals surface area contributed by atoms with Crippen LogP contribution >= 0.6 is 0 Å². The number of hydrogen-bond acceptors (Lipinski definition) is 1. The van der Waals surface area contributed by atoms with Gasteiger partial charge in [0.2, 0.25) is 5.75 Å². The Kier molecular flexibility index (Phi) is 9.92. The van der Waals surface area contributed by atoms with Crippen molar-refractivity contribution in [2.45, 2.75) is 103 Å². The minimum absolute atomic E-state index is 0.0676. The van der Waals surface area contributed by atoms with E-state index in [2.05, 4.69) is 18.6 Å². The van der Waals surface area contributed by atoms with E-state index in [4.69, 9.17) is 0 Å². The van der Waals surface area contributed by atoms with Gasteiger partial charge in [-0.25, -0.2) is 13.2 Å². The second kappa shape index (κ2) is 13.0. The van der Waals surface area contributed by atoms with E-state index in [9.17, 15) is 22.0 Å². The van der Waals surface area contributed by atoms with Crippen molar-refractivity contribution in [2.24, 2.45) is 23.7 Å². The first kappa shape index (κ1) is 29.8. The number of halogens is 6. The molecule has 0 heterocycles. The lowest BCUT2D eigenvalue weighted by Gasteiger charge is -2.36. The van der Waals surface area contributed by atoms with Crippen molar-refractivity contribution in [3.8, 4) is 16.9 Å². The molecule has 0 spiro atoms. The van der Waals surface area contributed by atoms with Crippen LogP contribution in [0.3, 0.4) is 0 Å². The zero-order chi connectivity index (χ0) is 28.2. The van der Waals surface area contributed by atoms with Crippen molar-refractivity contribution in [3.63, 3.8) is 0 Å². The normalized spacial score (nSPS) is 24.9. The molecule has 2 fully saturated rings. The molecule has 0 radical (unpaired) electrons. The van der Waals surface area contributed by atoms with E-state index in [0.29, 0.717) is 18.1 Å². The van der Waals surface area contributed by atoms with E-state index in [1.807, 2.05) is 0 Å². The van der Waals surface area contributed by atoms with Gasteiger partial charge in [-0.15, -0.1) is 13.2 Å². The van der Waals surface area contributed by atoms with Crippen LogP contribution in [0.4, 0.5) is 26.3 Å². The van der Waals surface area contributed by atoms with Crippen LogP contribution in [0.2, 0.25) is 0 Å². The van der Waals surface area contributed by atoms with Gasteiger partial charge in [-0.2, -0.15) is 0 Å². The fourth-order valence-corrected chi connectivity index (χ4v) is 6.94. The van der Waals surface area contributed by atoms with Crippen LogP contribution in [0.5, 0.6) is 5.75 Å². The van der Waals surface area contributed by atoms with Crippen LogP contribution in [0, 0.1) is 41.1 Å². The third-order valence-electron chi connectivity index (χ3n) is 9.21. The van der Waals surface area contributed by atoms with Gasteiger partial charge in [-0.05, 0) is 104 Å². The highest BCUT2D eigenvalue weighted by Crippen LogP contribution is 2.43. The Morgan fingerprint density at radius 2 is 1.44 bits per heavy atom. The summed E-state index contributed by atoms with van der Waals surface area (Å²) in [5.41, 5.74) is 0.605. The number of hydrogen-bond donors (Lipinski definition) is 0. The molecule has 0 bridgehead atoms. The summed E-state index contributed by atoms with van der Waals surface area (Å²) < 4.78 is 84.0. The number of ether oxygens (including phenoxy) is 1. The second-order valence-electron chi connectivity index (χ2n) is 11.9. The molecule has 2 saturated carbocycles. The highest BCUT2D eigenvalue weighted by atomic mass is 19.4. The first-order chi connectivity index (χ1) is 18.5. The van der Waals surface area contributed by atoms with Crippen molar-refractivity contribution in [3.05, 3.63) is 53.3 Å². The summed E-state index contributed by atoms with van der Waals surface area (Å²) in [6, 6.07) is 5.93. The summed E-state index contributed by atoms with van der Waals surface area (Å²) in [5, 5.41) is 0. The molecule has 0 saturated heterocycles. The zero-order valence-corrected chi connectivity index (χ0v) is 22.9. The standard InChI is InChI=1S/C32H40F6O/c1-3-4-5-21-6-10-23(11-7-21)20(2)16-22-8-12-24(13-9-22)25-14-15-27(28(33)17-25)26-18-29(34)31(30(35)19-26)39-32(36,37)38/h14-15,17-24H,3-13,16H2,1-2H3. The SMILES string of the molecule is CCCCC1CCC(C(C)CC2CCC(c3ccc(-c4cc(F)c(OC(F)(F)F)c(F)c4)c(F)c3)CC2)CC1. The Hall–Kier alpha value is -2.18. The minimum atomic E-state index is -5.24. The minimum Gasteiger partial charge on any atom is -0.399 e. The van der Waals surface area contributed by atoms with Crippen LogP contribution < -0.4 is 4.74 Å². The van der Waals surface area contributed by atoms with Gasteiger partial charge in [0, 0.05) is 5.56 Å². The van der Waals surface area contributed by atoms with Crippen LogP contribution in [0.1, 0.15) is 102 Å². The molecule has 0 amide bonds. The van der Waals surface area contributed by atoms with E-state index in [-0.39, 0.29) is 17.0 Å². The third kappa shape index (κ3) is 7.94. The molecule has 216 valence electrons. The predicted octanol–water partition coefficient (Wildman–Crippen LogP) is 11.0. The quantitative estimate of drug-likeness (QED) is 0.280. The van der Waals surface area contributed by atoms with Gasteiger partial charge in [0.25, 0.3) is 0 Å². The summed E-state index contributed by atoms with van der Waals surface area (Å²) in [4.78, 5) is 0. The van der Waals surface area contributed by atoms with E-state index in [1.165, 1.54) is 63.5 Å². The molecule has 2 aliphatic rings. The topological polar surface area (TPSA) is 9.23 Å². The van der Waals surface area contributed by atoms with Crippen molar-refractivity contribution < 1.29 is 31.1 Å². The van der Waals surface area contributed by atoms with Gasteiger partial charge >= 0.3 is 6.36 Å². The van der Waals surface area contributed by atoms with Crippen molar-refractivity contribution in [1.29, 1.82) is 0 Å². The van der Waals surface area contributed by atoms with Gasteiger partial charge in [-0.1, -0.05) is 58.1 Å².